The third-order valence-corrected chi connectivity index (χ3v) is 5.58. The lowest BCUT2D eigenvalue weighted by atomic mass is 10.1. The molecule has 2 aromatic rings. The molecule has 1 amide bonds. The molecule has 0 atom stereocenters. The van der Waals surface area contributed by atoms with Gasteiger partial charge in [-0.15, -0.1) is 0 Å². The van der Waals surface area contributed by atoms with E-state index < -0.39 is 15.9 Å². The number of methoxy groups -OCH3 is 2. The average molecular weight is 361 g/mol. The Morgan fingerprint density at radius 1 is 1.04 bits per heavy atom. The predicted octanol–water partition coefficient (Wildman–Crippen LogP) is 2.31. The fourth-order valence-corrected chi connectivity index (χ4v) is 4.03. The van der Waals surface area contributed by atoms with Crippen LogP contribution in [0, 0.1) is 0 Å². The van der Waals surface area contributed by atoms with Gasteiger partial charge in [0.25, 0.3) is 15.9 Å². The van der Waals surface area contributed by atoms with Crippen molar-refractivity contribution in [1.82, 2.24) is 4.72 Å². The molecule has 0 unspecified atom stereocenters. The second-order valence-electron chi connectivity index (χ2n) is 5.76. The highest BCUT2D eigenvalue weighted by Gasteiger charge is 2.24. The summed E-state index contributed by atoms with van der Waals surface area (Å²) in [5, 5.41) is 0. The van der Waals surface area contributed by atoms with Gasteiger partial charge in [-0.25, -0.2) is 13.1 Å². The summed E-state index contributed by atoms with van der Waals surface area (Å²) in [4.78, 5) is 12.6. The van der Waals surface area contributed by atoms with E-state index >= 15 is 0 Å². The van der Waals surface area contributed by atoms with Crippen LogP contribution in [0.15, 0.2) is 41.3 Å². The Balaban J connectivity index is 1.90. The molecule has 0 heterocycles. The number of ether oxygens (including phenoxy) is 2. The van der Waals surface area contributed by atoms with E-state index in [-0.39, 0.29) is 16.2 Å². The van der Waals surface area contributed by atoms with Crippen molar-refractivity contribution in [1.29, 1.82) is 0 Å². The Kier molecular flexibility index (Phi) is 4.67. The molecule has 0 spiro atoms. The van der Waals surface area contributed by atoms with E-state index in [9.17, 15) is 13.2 Å². The smallest absolute Gasteiger partial charge is 0.268 e. The number of rotatable bonds is 5. The standard InChI is InChI=1S/C18H19NO5S/c1-23-16-8-4-7-15(17(16)24-2)18(20)19-25(21,22)14-10-9-12-5-3-6-13(12)11-14/h4,7-11H,3,5-6H2,1-2H3,(H,19,20). The van der Waals surface area contributed by atoms with Crippen LogP contribution in [-0.4, -0.2) is 28.5 Å². The Morgan fingerprint density at radius 3 is 2.52 bits per heavy atom. The van der Waals surface area contributed by atoms with Gasteiger partial charge in [0.05, 0.1) is 24.7 Å². The summed E-state index contributed by atoms with van der Waals surface area (Å²) >= 11 is 0. The summed E-state index contributed by atoms with van der Waals surface area (Å²) in [5.74, 6) is -0.229. The molecular weight excluding hydrogens is 342 g/mol. The molecule has 3 rings (SSSR count). The van der Waals surface area contributed by atoms with Gasteiger partial charge in [0.15, 0.2) is 11.5 Å². The van der Waals surface area contributed by atoms with E-state index in [1.54, 1.807) is 18.2 Å². The maximum absolute atomic E-state index is 12.6. The van der Waals surface area contributed by atoms with Crippen LogP contribution in [-0.2, 0) is 22.9 Å². The summed E-state index contributed by atoms with van der Waals surface area (Å²) in [6.07, 6.45) is 2.84. The maximum atomic E-state index is 12.6. The number of sulfonamides is 1. The molecule has 0 radical (unpaired) electrons. The van der Waals surface area contributed by atoms with Crippen LogP contribution in [0.4, 0.5) is 0 Å². The lowest BCUT2D eigenvalue weighted by molar-refractivity contribution is 0.0978. The number of carbonyl (C=O) groups is 1. The highest BCUT2D eigenvalue weighted by molar-refractivity contribution is 7.90. The van der Waals surface area contributed by atoms with Crippen LogP contribution >= 0.6 is 0 Å². The molecule has 0 saturated carbocycles. The van der Waals surface area contributed by atoms with Gasteiger partial charge in [-0.2, -0.15) is 0 Å². The molecule has 0 bridgehead atoms. The third kappa shape index (κ3) is 3.32. The highest BCUT2D eigenvalue weighted by Crippen LogP contribution is 2.31. The first-order chi connectivity index (χ1) is 12.0. The van der Waals surface area contributed by atoms with Crippen molar-refractivity contribution in [3.8, 4) is 11.5 Å². The quantitative estimate of drug-likeness (QED) is 0.884. The lowest BCUT2D eigenvalue weighted by Gasteiger charge is -2.13. The molecule has 1 aliphatic rings. The zero-order valence-electron chi connectivity index (χ0n) is 14.0. The molecule has 0 aliphatic heterocycles. The van der Waals surface area contributed by atoms with Crippen LogP contribution in [0.2, 0.25) is 0 Å². The number of nitrogens with one attached hydrogen (secondary N) is 1. The van der Waals surface area contributed by atoms with E-state index in [4.69, 9.17) is 9.47 Å². The van der Waals surface area contributed by atoms with Crippen molar-refractivity contribution < 1.29 is 22.7 Å². The van der Waals surface area contributed by atoms with Gasteiger partial charge in [0, 0.05) is 0 Å². The molecular formula is C18H19NO5S. The van der Waals surface area contributed by atoms with Gasteiger partial charge in [0.2, 0.25) is 0 Å². The largest absolute Gasteiger partial charge is 0.493 e. The Hall–Kier alpha value is -2.54. The number of carbonyl (C=O) groups excluding carboxylic acids is 1. The number of para-hydroxylation sites is 1. The van der Waals surface area contributed by atoms with Crippen LogP contribution in [0.5, 0.6) is 11.5 Å². The Morgan fingerprint density at radius 2 is 1.80 bits per heavy atom. The average Bonchev–Trinajstić information content (AvgIpc) is 3.08. The molecule has 7 heteroatoms. The first-order valence-corrected chi connectivity index (χ1v) is 9.34. The van der Waals surface area contributed by atoms with Gasteiger partial charge < -0.3 is 9.47 Å². The van der Waals surface area contributed by atoms with Crippen LogP contribution in [0.25, 0.3) is 0 Å². The van der Waals surface area contributed by atoms with Crippen molar-refractivity contribution in [2.45, 2.75) is 24.2 Å². The van der Waals surface area contributed by atoms with Crippen LogP contribution in [0.3, 0.4) is 0 Å². The lowest BCUT2D eigenvalue weighted by Crippen LogP contribution is -2.31. The summed E-state index contributed by atoms with van der Waals surface area (Å²) in [7, 11) is -1.13. The minimum Gasteiger partial charge on any atom is -0.493 e. The van der Waals surface area contributed by atoms with Crippen molar-refractivity contribution in [2.24, 2.45) is 0 Å². The van der Waals surface area contributed by atoms with Crippen LogP contribution < -0.4 is 14.2 Å². The first-order valence-electron chi connectivity index (χ1n) is 7.86. The number of hydrogen-bond donors (Lipinski definition) is 1. The van der Waals surface area contributed by atoms with E-state index in [2.05, 4.69) is 4.72 Å². The minimum atomic E-state index is -3.97. The summed E-state index contributed by atoms with van der Waals surface area (Å²) in [6.45, 7) is 0. The maximum Gasteiger partial charge on any atom is 0.268 e. The minimum absolute atomic E-state index is 0.0864. The fourth-order valence-electron chi connectivity index (χ4n) is 3.02. The van der Waals surface area contributed by atoms with Crippen molar-refractivity contribution in [3.05, 3.63) is 53.1 Å². The molecule has 6 nitrogen and oxygen atoms in total. The molecule has 1 aliphatic carbocycles. The SMILES string of the molecule is COc1cccc(C(=O)NS(=O)(=O)c2ccc3c(c2)CCC3)c1OC. The third-order valence-electron chi connectivity index (χ3n) is 4.25. The highest BCUT2D eigenvalue weighted by atomic mass is 32.2. The number of amides is 1. The fraction of sp³-hybridized carbons (Fsp3) is 0.278. The second kappa shape index (κ2) is 6.76. The molecule has 0 aromatic heterocycles. The van der Waals surface area contributed by atoms with Gasteiger partial charge >= 0.3 is 0 Å². The zero-order chi connectivity index (χ0) is 18.0. The normalized spacial score (nSPS) is 13.2. The summed E-state index contributed by atoms with van der Waals surface area (Å²) < 4.78 is 37.6. The number of hydrogen-bond acceptors (Lipinski definition) is 5. The first kappa shape index (κ1) is 17.3. The van der Waals surface area contributed by atoms with Gasteiger partial charge in [-0.1, -0.05) is 12.1 Å². The molecule has 25 heavy (non-hydrogen) atoms. The number of fused-ring (bicyclic) bond motifs is 1. The molecule has 0 saturated heterocycles. The van der Waals surface area contributed by atoms with Gasteiger partial charge in [0.1, 0.15) is 0 Å². The summed E-state index contributed by atoms with van der Waals surface area (Å²) in [5.41, 5.74) is 2.28. The van der Waals surface area contributed by atoms with Gasteiger partial charge in [-0.05, 0) is 54.7 Å². The van der Waals surface area contributed by atoms with Crippen molar-refractivity contribution >= 4 is 15.9 Å². The van der Waals surface area contributed by atoms with Gasteiger partial charge in [-0.3, -0.25) is 4.79 Å². The second-order valence-corrected chi connectivity index (χ2v) is 7.44. The Labute approximate surface area is 146 Å². The van der Waals surface area contributed by atoms with Crippen molar-refractivity contribution in [2.75, 3.05) is 14.2 Å². The Bertz CT molecular complexity index is 921. The van der Waals surface area contributed by atoms with E-state index in [0.29, 0.717) is 5.75 Å². The van der Waals surface area contributed by atoms with Crippen LogP contribution in [0.1, 0.15) is 27.9 Å². The number of aryl methyl sites for hydroxylation is 2. The number of benzene rings is 2. The zero-order valence-corrected chi connectivity index (χ0v) is 14.9. The molecule has 132 valence electrons. The molecule has 1 N–H and O–H groups in total. The summed E-state index contributed by atoms with van der Waals surface area (Å²) in [6, 6.07) is 9.69. The van der Waals surface area contributed by atoms with E-state index in [1.807, 2.05) is 6.07 Å². The van der Waals surface area contributed by atoms with Crippen molar-refractivity contribution in [3.63, 3.8) is 0 Å². The molecule has 0 fully saturated rings. The monoisotopic (exact) mass is 361 g/mol. The van der Waals surface area contributed by atoms with E-state index in [1.165, 1.54) is 31.9 Å². The molecule has 2 aromatic carbocycles. The van der Waals surface area contributed by atoms with E-state index in [0.717, 1.165) is 24.8 Å². The topological polar surface area (TPSA) is 81.7 Å². The predicted molar refractivity (Wildman–Crippen MR) is 92.7 cm³/mol.